The highest BCUT2D eigenvalue weighted by molar-refractivity contribution is 6.29. The molecule has 2 N–H and O–H groups in total. The van der Waals surface area contributed by atoms with E-state index in [1.165, 1.54) is 0 Å². The first-order chi connectivity index (χ1) is 14.9. The van der Waals surface area contributed by atoms with Crippen LogP contribution in [0, 0.1) is 18.3 Å². The molecule has 0 radical (unpaired) electrons. The Morgan fingerprint density at radius 2 is 2.00 bits per heavy atom. The Labute approximate surface area is 184 Å². The molecule has 2 aromatic heterocycles. The topological polar surface area (TPSA) is 115 Å². The molecule has 3 aromatic rings. The third kappa shape index (κ3) is 4.09. The molecule has 0 spiro atoms. The van der Waals surface area contributed by atoms with Gasteiger partial charge in [0.15, 0.2) is 17.2 Å². The van der Waals surface area contributed by atoms with Crippen LogP contribution in [0.15, 0.2) is 24.3 Å². The average molecular weight is 437 g/mol. The van der Waals surface area contributed by atoms with Crippen LogP contribution in [0.25, 0.3) is 11.0 Å². The number of nitrogens with zero attached hydrogens (tertiary/aromatic N) is 5. The van der Waals surface area contributed by atoms with Gasteiger partial charge >= 0.3 is 5.97 Å². The van der Waals surface area contributed by atoms with E-state index in [-0.39, 0.29) is 16.9 Å². The molecule has 0 unspecified atom stereocenters. The maximum absolute atomic E-state index is 11.6. The standard InChI is InChI=1S/C22H21ClN6O2/c1-12-9-14(13(2)25-15-5-6-18(23)27-20(15)22(30)31)19-16(10-12)26-17(11-24)21(28-19)29-7-3-4-8-29/h5-6,9-10,13,25H,3-4,7-8H2,1-2H3,(H,30,31)/t13-/m1/s1. The van der Waals surface area contributed by atoms with Crippen molar-refractivity contribution in [2.24, 2.45) is 0 Å². The number of carbonyl (C=O) groups is 1. The number of aromatic nitrogens is 3. The van der Waals surface area contributed by atoms with Crippen molar-refractivity contribution < 1.29 is 9.90 Å². The molecule has 1 aromatic carbocycles. The third-order valence-corrected chi connectivity index (χ3v) is 5.55. The van der Waals surface area contributed by atoms with Crippen molar-refractivity contribution in [3.63, 3.8) is 0 Å². The van der Waals surface area contributed by atoms with Crippen LogP contribution >= 0.6 is 11.6 Å². The van der Waals surface area contributed by atoms with E-state index in [4.69, 9.17) is 16.6 Å². The number of pyridine rings is 1. The molecule has 1 aliphatic heterocycles. The van der Waals surface area contributed by atoms with E-state index in [9.17, 15) is 15.2 Å². The van der Waals surface area contributed by atoms with Crippen LogP contribution in [0.5, 0.6) is 0 Å². The van der Waals surface area contributed by atoms with Crippen LogP contribution in [0.2, 0.25) is 5.15 Å². The summed E-state index contributed by atoms with van der Waals surface area (Å²) in [5, 5.41) is 22.4. The molecule has 4 rings (SSSR count). The summed E-state index contributed by atoms with van der Waals surface area (Å²) in [7, 11) is 0. The quantitative estimate of drug-likeness (QED) is 0.568. The normalized spacial score (nSPS) is 14.5. The van der Waals surface area contributed by atoms with Crippen molar-refractivity contribution in [2.75, 3.05) is 23.3 Å². The molecule has 1 aliphatic rings. The molecule has 1 atom stereocenters. The molecule has 3 heterocycles. The Balaban J connectivity index is 1.80. The predicted octanol–water partition coefficient (Wildman–Crippen LogP) is 4.33. The number of aromatic carboxylic acids is 1. The summed E-state index contributed by atoms with van der Waals surface area (Å²) in [6, 6.07) is 8.93. The highest BCUT2D eigenvalue weighted by atomic mass is 35.5. The number of nitriles is 1. The van der Waals surface area contributed by atoms with Gasteiger partial charge in [0.1, 0.15) is 11.2 Å². The zero-order valence-electron chi connectivity index (χ0n) is 17.2. The summed E-state index contributed by atoms with van der Waals surface area (Å²) >= 11 is 5.87. The summed E-state index contributed by atoms with van der Waals surface area (Å²) in [5.41, 5.74) is 3.68. The third-order valence-electron chi connectivity index (χ3n) is 5.34. The van der Waals surface area contributed by atoms with Gasteiger partial charge in [0.2, 0.25) is 0 Å². The SMILES string of the molecule is Cc1cc([C@@H](C)Nc2ccc(Cl)nc2C(=O)O)c2nc(N3CCCC3)c(C#N)nc2c1. The second kappa shape index (κ2) is 8.36. The molecular weight excluding hydrogens is 416 g/mol. The van der Waals surface area contributed by atoms with E-state index >= 15 is 0 Å². The van der Waals surface area contributed by atoms with E-state index in [1.807, 2.05) is 26.0 Å². The van der Waals surface area contributed by atoms with Crippen molar-refractivity contribution in [2.45, 2.75) is 32.7 Å². The van der Waals surface area contributed by atoms with Crippen LogP contribution in [0.4, 0.5) is 11.5 Å². The van der Waals surface area contributed by atoms with Gasteiger partial charge < -0.3 is 15.3 Å². The molecule has 0 aliphatic carbocycles. The molecule has 9 heteroatoms. The number of benzene rings is 1. The number of nitrogens with one attached hydrogen (secondary N) is 1. The van der Waals surface area contributed by atoms with Crippen LogP contribution in [-0.4, -0.2) is 39.1 Å². The second-order valence-electron chi connectivity index (χ2n) is 7.62. The van der Waals surface area contributed by atoms with Gasteiger partial charge in [-0.2, -0.15) is 5.26 Å². The molecule has 8 nitrogen and oxygen atoms in total. The van der Waals surface area contributed by atoms with Gasteiger partial charge in [0.25, 0.3) is 0 Å². The fourth-order valence-corrected chi connectivity index (χ4v) is 4.05. The van der Waals surface area contributed by atoms with E-state index in [2.05, 4.69) is 26.3 Å². The van der Waals surface area contributed by atoms with Gasteiger partial charge in [0.05, 0.1) is 22.8 Å². The first-order valence-electron chi connectivity index (χ1n) is 10.0. The lowest BCUT2D eigenvalue weighted by Gasteiger charge is -2.21. The lowest BCUT2D eigenvalue weighted by molar-refractivity contribution is 0.0691. The van der Waals surface area contributed by atoms with Crippen molar-refractivity contribution in [3.05, 3.63) is 51.9 Å². The number of anilines is 2. The molecule has 0 saturated carbocycles. The maximum atomic E-state index is 11.6. The minimum Gasteiger partial charge on any atom is -0.476 e. The van der Waals surface area contributed by atoms with Crippen LogP contribution in [-0.2, 0) is 0 Å². The number of carboxylic acid groups (broad SMARTS) is 1. The second-order valence-corrected chi connectivity index (χ2v) is 8.01. The van der Waals surface area contributed by atoms with Crippen molar-refractivity contribution in [1.29, 1.82) is 5.26 Å². The Morgan fingerprint density at radius 3 is 2.68 bits per heavy atom. The van der Waals surface area contributed by atoms with Gasteiger partial charge in [-0.15, -0.1) is 0 Å². The van der Waals surface area contributed by atoms with E-state index in [1.54, 1.807) is 12.1 Å². The Bertz CT molecular complexity index is 1220. The van der Waals surface area contributed by atoms with Crippen molar-refractivity contribution >= 4 is 40.1 Å². The zero-order chi connectivity index (χ0) is 22.1. The van der Waals surface area contributed by atoms with E-state index in [0.29, 0.717) is 28.2 Å². The fraction of sp³-hybridized carbons (Fsp3) is 0.318. The summed E-state index contributed by atoms with van der Waals surface area (Å²) in [4.78, 5) is 27.1. The number of fused-ring (bicyclic) bond motifs is 1. The van der Waals surface area contributed by atoms with Gasteiger partial charge in [0, 0.05) is 18.7 Å². The lowest BCUT2D eigenvalue weighted by atomic mass is 10.0. The predicted molar refractivity (Wildman–Crippen MR) is 119 cm³/mol. The molecule has 158 valence electrons. The smallest absolute Gasteiger partial charge is 0.356 e. The monoisotopic (exact) mass is 436 g/mol. The largest absolute Gasteiger partial charge is 0.476 e. The van der Waals surface area contributed by atoms with Crippen LogP contribution in [0.3, 0.4) is 0 Å². The summed E-state index contributed by atoms with van der Waals surface area (Å²) in [5.74, 6) is -0.565. The highest BCUT2D eigenvalue weighted by Gasteiger charge is 2.22. The van der Waals surface area contributed by atoms with Crippen LogP contribution < -0.4 is 10.2 Å². The summed E-state index contributed by atoms with van der Waals surface area (Å²) < 4.78 is 0. The molecule has 1 fully saturated rings. The molecule has 1 saturated heterocycles. The van der Waals surface area contributed by atoms with E-state index in [0.717, 1.165) is 37.1 Å². The first kappa shape index (κ1) is 20.8. The van der Waals surface area contributed by atoms with E-state index < -0.39 is 5.97 Å². The zero-order valence-corrected chi connectivity index (χ0v) is 17.9. The lowest BCUT2D eigenvalue weighted by Crippen LogP contribution is -2.21. The molecule has 0 bridgehead atoms. The Morgan fingerprint density at radius 1 is 1.26 bits per heavy atom. The van der Waals surface area contributed by atoms with Crippen molar-refractivity contribution in [3.8, 4) is 6.07 Å². The fourth-order valence-electron chi connectivity index (χ4n) is 3.90. The molecule has 0 amide bonds. The minimum atomic E-state index is -1.17. The Kier molecular flexibility index (Phi) is 5.61. The number of rotatable bonds is 5. The average Bonchev–Trinajstić information content (AvgIpc) is 3.27. The van der Waals surface area contributed by atoms with Gasteiger partial charge in [-0.25, -0.2) is 19.7 Å². The number of hydrogen-bond donors (Lipinski definition) is 2. The summed E-state index contributed by atoms with van der Waals surface area (Å²) in [6.45, 7) is 5.57. The first-order valence-corrected chi connectivity index (χ1v) is 10.4. The van der Waals surface area contributed by atoms with Gasteiger partial charge in [-0.1, -0.05) is 17.7 Å². The highest BCUT2D eigenvalue weighted by Crippen LogP contribution is 2.31. The number of carboxylic acids is 1. The molecule has 31 heavy (non-hydrogen) atoms. The summed E-state index contributed by atoms with van der Waals surface area (Å²) in [6.07, 6.45) is 2.12. The maximum Gasteiger partial charge on any atom is 0.356 e. The minimum absolute atomic E-state index is 0.113. The number of hydrogen-bond acceptors (Lipinski definition) is 7. The Hall–Kier alpha value is -3.44. The number of aryl methyl sites for hydroxylation is 1. The van der Waals surface area contributed by atoms with Crippen LogP contribution in [0.1, 0.15) is 53.1 Å². The van der Waals surface area contributed by atoms with Gasteiger partial charge in [-0.3, -0.25) is 0 Å². The molecular formula is C22H21ClN6O2. The number of halogens is 1. The van der Waals surface area contributed by atoms with Crippen molar-refractivity contribution in [1.82, 2.24) is 15.0 Å². The van der Waals surface area contributed by atoms with Gasteiger partial charge in [-0.05, 0) is 50.5 Å².